The molecule has 2 aliphatic heterocycles. The van der Waals surface area contributed by atoms with E-state index in [4.69, 9.17) is 10.5 Å². The molecule has 3 rings (SSSR count). The summed E-state index contributed by atoms with van der Waals surface area (Å²) in [6, 6.07) is 7.92. The largest absolute Gasteiger partial charge is 0.378 e. The van der Waals surface area contributed by atoms with E-state index in [0.29, 0.717) is 32.1 Å². The van der Waals surface area contributed by atoms with Gasteiger partial charge in [0.2, 0.25) is 5.91 Å². The Balaban J connectivity index is 1.64. The molecule has 0 aliphatic carbocycles. The maximum absolute atomic E-state index is 11.5. The Morgan fingerprint density at radius 3 is 2.76 bits per heavy atom. The number of aliphatic imine (C=N–C) groups is 1. The van der Waals surface area contributed by atoms with Gasteiger partial charge in [-0.1, -0.05) is 12.1 Å². The first-order valence-corrected chi connectivity index (χ1v) is 7.26. The Labute approximate surface area is 124 Å². The predicted molar refractivity (Wildman–Crippen MR) is 81.1 cm³/mol. The number of ether oxygens (including phenoxy) is 1. The summed E-state index contributed by atoms with van der Waals surface area (Å²) in [5.41, 5.74) is 8.02. The van der Waals surface area contributed by atoms with E-state index in [2.05, 4.69) is 4.99 Å². The van der Waals surface area contributed by atoms with E-state index in [1.54, 1.807) is 4.90 Å². The maximum atomic E-state index is 11.5. The highest BCUT2D eigenvalue weighted by Gasteiger charge is 2.25. The Hall–Kier alpha value is -2.08. The Kier molecular flexibility index (Phi) is 4.06. The minimum atomic E-state index is 0.184. The number of amides is 1. The van der Waals surface area contributed by atoms with Crippen LogP contribution in [-0.2, 0) is 16.1 Å². The molecule has 0 unspecified atom stereocenters. The lowest BCUT2D eigenvalue weighted by Crippen LogP contribution is -2.44. The molecule has 0 spiro atoms. The highest BCUT2D eigenvalue weighted by molar-refractivity contribution is 5.99. The summed E-state index contributed by atoms with van der Waals surface area (Å²) in [6.07, 6.45) is 0.645. The van der Waals surface area contributed by atoms with Crippen LogP contribution in [0.15, 0.2) is 29.3 Å². The van der Waals surface area contributed by atoms with Crippen LogP contribution in [0.3, 0.4) is 0 Å². The van der Waals surface area contributed by atoms with Gasteiger partial charge in [-0.3, -0.25) is 4.79 Å². The van der Waals surface area contributed by atoms with E-state index in [0.717, 1.165) is 30.9 Å². The lowest BCUT2D eigenvalue weighted by Gasteiger charge is -2.31. The van der Waals surface area contributed by atoms with Crippen LogP contribution in [-0.4, -0.2) is 49.6 Å². The Bertz CT molecular complexity index is 552. The molecule has 0 aromatic heterocycles. The van der Waals surface area contributed by atoms with E-state index in [-0.39, 0.29) is 5.91 Å². The van der Waals surface area contributed by atoms with Gasteiger partial charge in [0.25, 0.3) is 0 Å². The lowest BCUT2D eigenvalue weighted by molar-refractivity contribution is -0.122. The van der Waals surface area contributed by atoms with Crippen molar-refractivity contribution < 1.29 is 9.53 Å². The molecule has 6 heteroatoms. The molecule has 2 heterocycles. The molecule has 2 N–H and O–H groups in total. The van der Waals surface area contributed by atoms with Crippen LogP contribution < -0.4 is 10.6 Å². The minimum absolute atomic E-state index is 0.184. The molecule has 0 radical (unpaired) electrons. The average molecular weight is 288 g/mol. The molecule has 1 aromatic carbocycles. The van der Waals surface area contributed by atoms with Gasteiger partial charge in [0.1, 0.15) is 0 Å². The summed E-state index contributed by atoms with van der Waals surface area (Å²) in [5.74, 6) is 0.743. The summed E-state index contributed by atoms with van der Waals surface area (Å²) in [4.78, 5) is 19.7. The third-order valence-electron chi connectivity index (χ3n) is 3.83. The second kappa shape index (κ2) is 6.13. The van der Waals surface area contributed by atoms with Crippen molar-refractivity contribution in [1.82, 2.24) is 4.90 Å². The maximum Gasteiger partial charge on any atom is 0.228 e. The number of nitrogens with two attached hydrogens (primary N) is 1. The molecular formula is C15H20N4O2. The molecular weight excluding hydrogens is 268 g/mol. The fraction of sp³-hybridized carbons (Fsp3) is 0.467. The summed E-state index contributed by atoms with van der Waals surface area (Å²) in [6.45, 7) is 4.31. The third-order valence-corrected chi connectivity index (χ3v) is 3.83. The monoisotopic (exact) mass is 288 g/mol. The van der Waals surface area contributed by atoms with E-state index >= 15 is 0 Å². The standard InChI is InChI=1S/C15H20N4O2/c16-15(18-6-8-21-9-7-18)17-11-12-2-1-3-13(10-12)19-5-4-14(19)20/h1-3,10H,4-9,11H2,(H2,16,17). The van der Waals surface area contributed by atoms with Crippen LogP contribution in [0.25, 0.3) is 0 Å². The SMILES string of the molecule is NC(=NCc1cccc(N2CCC2=O)c1)N1CCOCC1. The average Bonchev–Trinajstić information content (AvgIpc) is 2.52. The molecule has 0 atom stereocenters. The molecule has 112 valence electrons. The van der Waals surface area contributed by atoms with Gasteiger partial charge in [0, 0.05) is 31.7 Å². The number of hydrogen-bond donors (Lipinski definition) is 1. The first kappa shape index (κ1) is 13.9. The van der Waals surface area contributed by atoms with Gasteiger partial charge in [-0.05, 0) is 17.7 Å². The Morgan fingerprint density at radius 1 is 1.29 bits per heavy atom. The van der Waals surface area contributed by atoms with Crippen LogP contribution in [0.5, 0.6) is 0 Å². The van der Waals surface area contributed by atoms with E-state index in [1.165, 1.54) is 0 Å². The normalized spacial score (nSPS) is 19.6. The van der Waals surface area contributed by atoms with Gasteiger partial charge >= 0.3 is 0 Å². The number of anilines is 1. The molecule has 0 bridgehead atoms. The van der Waals surface area contributed by atoms with Crippen LogP contribution in [0, 0.1) is 0 Å². The van der Waals surface area contributed by atoms with Crippen molar-refractivity contribution in [3.8, 4) is 0 Å². The molecule has 1 aromatic rings. The molecule has 0 saturated carbocycles. The van der Waals surface area contributed by atoms with Crippen molar-refractivity contribution in [3.63, 3.8) is 0 Å². The van der Waals surface area contributed by atoms with Crippen LogP contribution in [0.1, 0.15) is 12.0 Å². The zero-order chi connectivity index (χ0) is 14.7. The molecule has 2 saturated heterocycles. The van der Waals surface area contributed by atoms with E-state index in [1.807, 2.05) is 29.2 Å². The van der Waals surface area contributed by atoms with Gasteiger partial charge in [0.15, 0.2) is 5.96 Å². The lowest BCUT2D eigenvalue weighted by atomic mass is 10.1. The van der Waals surface area contributed by atoms with Gasteiger partial charge in [-0.2, -0.15) is 0 Å². The predicted octanol–water partition coefficient (Wildman–Crippen LogP) is 0.570. The van der Waals surface area contributed by atoms with Crippen LogP contribution >= 0.6 is 0 Å². The van der Waals surface area contributed by atoms with Crippen molar-refractivity contribution in [2.45, 2.75) is 13.0 Å². The number of hydrogen-bond acceptors (Lipinski definition) is 3. The highest BCUT2D eigenvalue weighted by atomic mass is 16.5. The van der Waals surface area contributed by atoms with Crippen molar-refractivity contribution in [2.75, 3.05) is 37.7 Å². The van der Waals surface area contributed by atoms with Crippen LogP contribution in [0.4, 0.5) is 5.69 Å². The quantitative estimate of drug-likeness (QED) is 0.501. The Morgan fingerprint density at radius 2 is 2.10 bits per heavy atom. The number of morpholine rings is 1. The number of carbonyl (C=O) groups is 1. The zero-order valence-corrected chi connectivity index (χ0v) is 12.0. The molecule has 1 amide bonds. The second-order valence-corrected chi connectivity index (χ2v) is 5.24. The number of rotatable bonds is 3. The summed E-state index contributed by atoms with van der Waals surface area (Å²) in [7, 11) is 0. The van der Waals surface area contributed by atoms with Crippen molar-refractivity contribution >= 4 is 17.6 Å². The smallest absolute Gasteiger partial charge is 0.228 e. The number of guanidine groups is 1. The fourth-order valence-electron chi connectivity index (χ4n) is 2.48. The third kappa shape index (κ3) is 3.16. The van der Waals surface area contributed by atoms with E-state index in [9.17, 15) is 4.79 Å². The van der Waals surface area contributed by atoms with Crippen molar-refractivity contribution in [2.24, 2.45) is 10.7 Å². The molecule has 2 fully saturated rings. The van der Waals surface area contributed by atoms with E-state index < -0.39 is 0 Å². The van der Waals surface area contributed by atoms with Gasteiger partial charge in [0.05, 0.1) is 19.8 Å². The zero-order valence-electron chi connectivity index (χ0n) is 12.0. The van der Waals surface area contributed by atoms with Gasteiger partial charge in [-0.15, -0.1) is 0 Å². The number of nitrogens with zero attached hydrogens (tertiary/aromatic N) is 3. The first-order valence-electron chi connectivity index (χ1n) is 7.26. The highest BCUT2D eigenvalue weighted by Crippen LogP contribution is 2.22. The van der Waals surface area contributed by atoms with Gasteiger partial charge < -0.3 is 20.3 Å². The molecule has 21 heavy (non-hydrogen) atoms. The first-order chi connectivity index (χ1) is 10.2. The second-order valence-electron chi connectivity index (χ2n) is 5.24. The molecule has 6 nitrogen and oxygen atoms in total. The van der Waals surface area contributed by atoms with Crippen molar-refractivity contribution in [3.05, 3.63) is 29.8 Å². The fourth-order valence-corrected chi connectivity index (χ4v) is 2.48. The van der Waals surface area contributed by atoms with Crippen molar-refractivity contribution in [1.29, 1.82) is 0 Å². The number of benzene rings is 1. The number of β-lactam (4-membered cyclic amide) rings is 1. The summed E-state index contributed by atoms with van der Waals surface area (Å²) >= 11 is 0. The minimum Gasteiger partial charge on any atom is -0.378 e. The summed E-state index contributed by atoms with van der Waals surface area (Å²) < 4.78 is 5.29. The van der Waals surface area contributed by atoms with Crippen LogP contribution in [0.2, 0.25) is 0 Å². The summed E-state index contributed by atoms with van der Waals surface area (Å²) in [5, 5.41) is 0. The number of carbonyl (C=O) groups excluding carboxylic acids is 1. The molecule has 2 aliphatic rings. The topological polar surface area (TPSA) is 71.2 Å². The van der Waals surface area contributed by atoms with Gasteiger partial charge in [-0.25, -0.2) is 4.99 Å².